The predicted octanol–water partition coefficient (Wildman–Crippen LogP) is 1.33. The maximum absolute atomic E-state index is 13.1. The van der Waals surface area contributed by atoms with Gasteiger partial charge in [-0.2, -0.15) is 0 Å². The fourth-order valence-electron chi connectivity index (χ4n) is 4.59. The Morgan fingerprint density at radius 3 is 2.70 bits per heavy atom. The van der Waals surface area contributed by atoms with Crippen LogP contribution in [0.1, 0.15) is 37.3 Å². The molecule has 1 aromatic carbocycles. The zero-order chi connectivity index (χ0) is 18.9. The molecule has 1 atom stereocenters. The quantitative estimate of drug-likeness (QED) is 0.852. The summed E-state index contributed by atoms with van der Waals surface area (Å²) in [5.74, 6) is 0.259. The molecule has 0 aromatic heterocycles. The molecule has 6 nitrogen and oxygen atoms in total. The third-order valence-electron chi connectivity index (χ3n) is 6.37. The molecule has 2 saturated heterocycles. The fourth-order valence-corrected chi connectivity index (χ4v) is 4.59. The van der Waals surface area contributed by atoms with Crippen LogP contribution < -0.4 is 5.32 Å². The first-order chi connectivity index (χ1) is 13.1. The summed E-state index contributed by atoms with van der Waals surface area (Å²) in [7, 11) is 0. The van der Waals surface area contributed by atoms with Gasteiger partial charge in [-0.25, -0.2) is 0 Å². The molecule has 4 rings (SSSR count). The van der Waals surface area contributed by atoms with Crippen molar-refractivity contribution in [3.05, 3.63) is 35.4 Å². The van der Waals surface area contributed by atoms with Crippen molar-refractivity contribution in [3.63, 3.8) is 0 Å². The number of carbonyl (C=O) groups excluding carboxylic acids is 2. The van der Waals surface area contributed by atoms with Crippen LogP contribution in [0.5, 0.6) is 0 Å². The van der Waals surface area contributed by atoms with E-state index in [-0.39, 0.29) is 23.5 Å². The minimum Gasteiger partial charge on any atom is -0.372 e. The van der Waals surface area contributed by atoms with Crippen molar-refractivity contribution < 1.29 is 14.3 Å². The first kappa shape index (κ1) is 18.4. The number of benzene rings is 1. The second-order valence-corrected chi connectivity index (χ2v) is 8.05. The van der Waals surface area contributed by atoms with Gasteiger partial charge in [0.05, 0.1) is 24.7 Å². The van der Waals surface area contributed by atoms with Crippen LogP contribution in [-0.4, -0.2) is 66.0 Å². The van der Waals surface area contributed by atoms with Crippen molar-refractivity contribution in [2.75, 3.05) is 32.8 Å². The van der Waals surface area contributed by atoms with E-state index in [0.717, 1.165) is 32.4 Å². The molecule has 0 bridgehead atoms. The van der Waals surface area contributed by atoms with Gasteiger partial charge in [-0.15, -0.1) is 0 Å². The molecule has 0 saturated carbocycles. The molecule has 0 radical (unpaired) electrons. The van der Waals surface area contributed by atoms with Crippen LogP contribution in [0, 0.1) is 0 Å². The van der Waals surface area contributed by atoms with Gasteiger partial charge in [-0.1, -0.05) is 24.3 Å². The second-order valence-electron chi connectivity index (χ2n) is 8.05. The van der Waals surface area contributed by atoms with Crippen LogP contribution in [0.25, 0.3) is 0 Å². The number of hydrogen-bond acceptors (Lipinski definition) is 4. The Morgan fingerprint density at radius 1 is 1.19 bits per heavy atom. The van der Waals surface area contributed by atoms with Gasteiger partial charge < -0.3 is 15.0 Å². The molecule has 1 aromatic rings. The van der Waals surface area contributed by atoms with Crippen molar-refractivity contribution >= 4 is 11.8 Å². The highest BCUT2D eigenvalue weighted by Gasteiger charge is 2.41. The van der Waals surface area contributed by atoms with E-state index in [1.165, 1.54) is 11.1 Å². The van der Waals surface area contributed by atoms with Crippen LogP contribution in [-0.2, 0) is 27.3 Å². The van der Waals surface area contributed by atoms with Gasteiger partial charge in [0.25, 0.3) is 0 Å². The van der Waals surface area contributed by atoms with E-state index in [9.17, 15) is 9.59 Å². The predicted molar refractivity (Wildman–Crippen MR) is 102 cm³/mol. The highest BCUT2D eigenvalue weighted by atomic mass is 16.5. The van der Waals surface area contributed by atoms with Crippen molar-refractivity contribution in [3.8, 4) is 0 Å². The summed E-state index contributed by atoms with van der Waals surface area (Å²) < 4.78 is 6.01. The van der Waals surface area contributed by atoms with E-state index in [4.69, 9.17) is 4.74 Å². The second kappa shape index (κ2) is 7.60. The monoisotopic (exact) mass is 371 g/mol. The first-order valence-electron chi connectivity index (χ1n) is 10.1. The molecule has 1 unspecified atom stereocenters. The lowest BCUT2D eigenvalue weighted by Gasteiger charge is -2.42. The molecule has 1 spiro atoms. The number of ether oxygens (including phenoxy) is 1. The summed E-state index contributed by atoms with van der Waals surface area (Å²) in [6.07, 6.45) is 2.89. The summed E-state index contributed by atoms with van der Waals surface area (Å²) in [5.41, 5.74) is 2.35. The van der Waals surface area contributed by atoms with E-state index < -0.39 is 0 Å². The molecular weight excluding hydrogens is 342 g/mol. The average molecular weight is 371 g/mol. The number of hydrogen-bond donors (Lipinski definition) is 1. The molecular formula is C21H29N3O3. The van der Waals surface area contributed by atoms with Gasteiger partial charge in [-0.3, -0.25) is 14.5 Å². The smallest absolute Gasteiger partial charge is 0.239 e. The van der Waals surface area contributed by atoms with Crippen LogP contribution in [0.3, 0.4) is 0 Å². The Balaban J connectivity index is 1.36. The molecule has 3 aliphatic rings. The zero-order valence-corrected chi connectivity index (χ0v) is 16.1. The lowest BCUT2D eigenvalue weighted by molar-refractivity contribution is -0.144. The number of nitrogens with one attached hydrogen (secondary N) is 1. The third-order valence-corrected chi connectivity index (χ3v) is 6.37. The molecule has 3 heterocycles. The Kier molecular flexibility index (Phi) is 5.19. The molecule has 2 amide bonds. The topological polar surface area (TPSA) is 61.9 Å². The number of piperidine rings is 1. The van der Waals surface area contributed by atoms with Gasteiger partial charge in [0, 0.05) is 32.7 Å². The van der Waals surface area contributed by atoms with Crippen molar-refractivity contribution in [2.45, 2.75) is 50.8 Å². The lowest BCUT2D eigenvalue weighted by Crippen LogP contribution is -2.54. The standard InChI is InChI=1S/C21H29N3O3/c1-16(24-10-6-17-4-2-3-5-18(17)15-24)20(26)23-11-7-21(8-12-23)14-19(25)22-9-13-27-21/h2-5,16H,6-15H2,1H3,(H,22,25). The van der Waals surface area contributed by atoms with Crippen LogP contribution in [0.2, 0.25) is 0 Å². The molecule has 3 aliphatic heterocycles. The first-order valence-corrected chi connectivity index (χ1v) is 10.1. The van der Waals surface area contributed by atoms with Gasteiger partial charge in [0.2, 0.25) is 11.8 Å². The number of likely N-dealkylation sites (tertiary alicyclic amines) is 1. The number of nitrogens with zero attached hydrogens (tertiary/aromatic N) is 2. The van der Waals surface area contributed by atoms with Gasteiger partial charge in [0.15, 0.2) is 0 Å². The highest BCUT2D eigenvalue weighted by Crippen LogP contribution is 2.31. The van der Waals surface area contributed by atoms with Crippen molar-refractivity contribution in [1.82, 2.24) is 15.1 Å². The minimum absolute atomic E-state index is 0.0626. The summed E-state index contributed by atoms with van der Waals surface area (Å²) in [4.78, 5) is 29.2. The van der Waals surface area contributed by atoms with E-state index >= 15 is 0 Å². The number of fused-ring (bicyclic) bond motifs is 1. The molecule has 1 N–H and O–H groups in total. The Hall–Kier alpha value is -1.92. The van der Waals surface area contributed by atoms with Crippen LogP contribution in [0.4, 0.5) is 0 Å². The van der Waals surface area contributed by atoms with Crippen LogP contribution in [0.15, 0.2) is 24.3 Å². The molecule has 2 fully saturated rings. The number of rotatable bonds is 2. The Bertz CT molecular complexity index is 712. The normalized spacial score (nSPS) is 24.0. The van der Waals surface area contributed by atoms with Crippen LogP contribution >= 0.6 is 0 Å². The van der Waals surface area contributed by atoms with E-state index in [1.807, 2.05) is 11.8 Å². The van der Waals surface area contributed by atoms with Gasteiger partial charge in [0.1, 0.15) is 0 Å². The average Bonchev–Trinajstić information content (AvgIpc) is 2.88. The minimum atomic E-state index is -0.384. The molecule has 0 aliphatic carbocycles. The highest BCUT2D eigenvalue weighted by molar-refractivity contribution is 5.82. The van der Waals surface area contributed by atoms with Gasteiger partial charge in [-0.05, 0) is 37.3 Å². The maximum Gasteiger partial charge on any atom is 0.239 e. The zero-order valence-electron chi connectivity index (χ0n) is 16.1. The molecule has 27 heavy (non-hydrogen) atoms. The Labute approximate surface area is 160 Å². The molecule has 6 heteroatoms. The summed E-state index contributed by atoms with van der Waals surface area (Å²) in [6, 6.07) is 8.39. The van der Waals surface area contributed by atoms with Gasteiger partial charge >= 0.3 is 0 Å². The third kappa shape index (κ3) is 3.87. The Morgan fingerprint density at radius 2 is 1.93 bits per heavy atom. The van der Waals surface area contributed by atoms with Crippen molar-refractivity contribution in [2.24, 2.45) is 0 Å². The molecule has 146 valence electrons. The maximum atomic E-state index is 13.1. The fraction of sp³-hybridized carbons (Fsp3) is 0.619. The number of carbonyl (C=O) groups is 2. The summed E-state index contributed by atoms with van der Waals surface area (Å²) in [5, 5.41) is 2.87. The van der Waals surface area contributed by atoms with Crippen molar-refractivity contribution in [1.29, 1.82) is 0 Å². The summed E-state index contributed by atoms with van der Waals surface area (Å²) >= 11 is 0. The van der Waals surface area contributed by atoms with E-state index in [1.54, 1.807) is 0 Å². The largest absolute Gasteiger partial charge is 0.372 e. The lowest BCUT2D eigenvalue weighted by atomic mass is 9.87. The number of amides is 2. The summed E-state index contributed by atoms with van der Waals surface area (Å²) in [6.45, 7) is 6.26. The SMILES string of the molecule is CC(C(=O)N1CCC2(CC1)CC(=O)NCCO2)N1CCc2ccccc2C1. The van der Waals surface area contributed by atoms with E-state index in [0.29, 0.717) is 32.7 Å². The van der Waals surface area contributed by atoms with E-state index in [2.05, 4.69) is 34.5 Å².